The van der Waals surface area contributed by atoms with Crippen LogP contribution in [-0.2, 0) is 0 Å². The fourth-order valence-electron chi connectivity index (χ4n) is 1.78. The average molecular weight is 245 g/mol. The fourth-order valence-corrected chi connectivity index (χ4v) is 1.78. The zero-order chi connectivity index (χ0) is 14.0. The van der Waals surface area contributed by atoms with E-state index >= 15 is 0 Å². The highest BCUT2D eigenvalue weighted by Crippen LogP contribution is 2.31. The van der Waals surface area contributed by atoms with Crippen LogP contribution in [-0.4, -0.2) is 11.9 Å². The number of nitrogens with zero attached hydrogens (tertiary/aromatic N) is 1. The van der Waals surface area contributed by atoms with Crippen molar-refractivity contribution in [3.05, 3.63) is 60.0 Å². The SMILES string of the molecule is C=CC1=C(/C=C\CC)N(C)/C(=C/C=C\C)C1.CC. The maximum atomic E-state index is 3.89. The van der Waals surface area contributed by atoms with E-state index in [4.69, 9.17) is 0 Å². The number of hydrogen-bond acceptors (Lipinski definition) is 1. The Morgan fingerprint density at radius 3 is 2.50 bits per heavy atom. The molecule has 0 bridgehead atoms. The minimum Gasteiger partial charge on any atom is -0.348 e. The van der Waals surface area contributed by atoms with Gasteiger partial charge in [0.05, 0.1) is 0 Å². The van der Waals surface area contributed by atoms with Gasteiger partial charge in [0, 0.05) is 24.9 Å². The van der Waals surface area contributed by atoms with Gasteiger partial charge in [-0.25, -0.2) is 0 Å². The molecule has 0 N–H and O–H groups in total. The van der Waals surface area contributed by atoms with Crippen LogP contribution >= 0.6 is 0 Å². The Bertz CT molecular complexity index is 367. The second kappa shape index (κ2) is 9.52. The third-order valence-corrected chi connectivity index (χ3v) is 2.73. The van der Waals surface area contributed by atoms with Gasteiger partial charge in [0.2, 0.25) is 0 Å². The first-order valence-electron chi connectivity index (χ1n) is 6.82. The summed E-state index contributed by atoms with van der Waals surface area (Å²) in [5.74, 6) is 0. The van der Waals surface area contributed by atoms with Crippen LogP contribution in [0.2, 0.25) is 0 Å². The number of likely N-dealkylation sites (N-methyl/N-ethyl adjacent to an activating group) is 1. The first kappa shape index (κ1) is 16.5. The predicted molar refractivity (Wildman–Crippen MR) is 83.3 cm³/mol. The summed E-state index contributed by atoms with van der Waals surface area (Å²) in [6.45, 7) is 12.1. The Hall–Kier alpha value is -1.50. The van der Waals surface area contributed by atoms with E-state index in [1.165, 1.54) is 17.0 Å². The van der Waals surface area contributed by atoms with Gasteiger partial charge < -0.3 is 4.90 Å². The molecule has 0 aliphatic carbocycles. The molecular formula is C17H27N. The zero-order valence-corrected chi connectivity index (χ0v) is 12.5. The molecule has 0 saturated heterocycles. The second-order valence-electron chi connectivity index (χ2n) is 3.84. The third kappa shape index (κ3) is 4.40. The van der Waals surface area contributed by atoms with Gasteiger partial charge in [0.15, 0.2) is 0 Å². The lowest BCUT2D eigenvalue weighted by Crippen LogP contribution is -2.09. The summed E-state index contributed by atoms with van der Waals surface area (Å²) in [7, 11) is 2.11. The van der Waals surface area contributed by atoms with Gasteiger partial charge in [-0.15, -0.1) is 0 Å². The first-order valence-corrected chi connectivity index (χ1v) is 6.82. The van der Waals surface area contributed by atoms with Crippen molar-refractivity contribution in [1.82, 2.24) is 4.90 Å². The molecule has 100 valence electrons. The summed E-state index contributed by atoms with van der Waals surface area (Å²) in [6.07, 6.45) is 14.7. The molecule has 0 aromatic carbocycles. The summed E-state index contributed by atoms with van der Waals surface area (Å²) < 4.78 is 0. The van der Waals surface area contributed by atoms with Crippen LogP contribution in [0.4, 0.5) is 0 Å². The van der Waals surface area contributed by atoms with Crippen LogP contribution in [0, 0.1) is 0 Å². The highest BCUT2D eigenvalue weighted by atomic mass is 15.1. The number of rotatable bonds is 4. The maximum absolute atomic E-state index is 3.89. The molecule has 1 aliphatic heterocycles. The molecule has 18 heavy (non-hydrogen) atoms. The van der Waals surface area contributed by atoms with Gasteiger partial charge in [-0.05, 0) is 31.1 Å². The molecule has 0 radical (unpaired) electrons. The lowest BCUT2D eigenvalue weighted by Gasteiger charge is -2.15. The van der Waals surface area contributed by atoms with Crippen LogP contribution in [0.1, 0.15) is 40.5 Å². The topological polar surface area (TPSA) is 3.24 Å². The normalized spacial score (nSPS) is 17.8. The Morgan fingerprint density at radius 2 is 2.00 bits per heavy atom. The largest absolute Gasteiger partial charge is 0.348 e. The van der Waals surface area contributed by atoms with Gasteiger partial charge in [-0.3, -0.25) is 0 Å². The van der Waals surface area contributed by atoms with Gasteiger partial charge in [-0.1, -0.05) is 51.7 Å². The fraction of sp³-hybridized carbons (Fsp3) is 0.412. The molecule has 0 amide bonds. The van der Waals surface area contributed by atoms with E-state index in [0.29, 0.717) is 0 Å². The molecule has 1 rings (SSSR count). The summed E-state index contributed by atoms with van der Waals surface area (Å²) >= 11 is 0. The van der Waals surface area contributed by atoms with E-state index in [1.807, 2.05) is 32.9 Å². The van der Waals surface area contributed by atoms with Gasteiger partial charge in [0.1, 0.15) is 0 Å². The van der Waals surface area contributed by atoms with Crippen molar-refractivity contribution >= 4 is 0 Å². The predicted octanol–water partition coefficient (Wildman–Crippen LogP) is 5.21. The molecule has 1 heteroatoms. The molecule has 0 saturated carbocycles. The number of hydrogen-bond donors (Lipinski definition) is 0. The van der Waals surface area contributed by atoms with Gasteiger partial charge in [0.25, 0.3) is 0 Å². The van der Waals surface area contributed by atoms with Crippen molar-refractivity contribution in [3.8, 4) is 0 Å². The van der Waals surface area contributed by atoms with E-state index in [9.17, 15) is 0 Å². The van der Waals surface area contributed by atoms with Crippen molar-refractivity contribution < 1.29 is 0 Å². The quantitative estimate of drug-likeness (QED) is 0.657. The molecular weight excluding hydrogens is 218 g/mol. The van der Waals surface area contributed by atoms with E-state index < -0.39 is 0 Å². The van der Waals surface area contributed by atoms with Crippen molar-refractivity contribution in [3.63, 3.8) is 0 Å². The molecule has 1 aliphatic rings. The molecule has 0 spiro atoms. The summed E-state index contributed by atoms with van der Waals surface area (Å²) in [4.78, 5) is 2.24. The maximum Gasteiger partial charge on any atom is 0.0438 e. The molecule has 0 unspecified atom stereocenters. The van der Waals surface area contributed by atoms with Crippen LogP contribution < -0.4 is 0 Å². The monoisotopic (exact) mass is 245 g/mol. The van der Waals surface area contributed by atoms with E-state index in [0.717, 1.165) is 12.8 Å². The zero-order valence-electron chi connectivity index (χ0n) is 12.5. The van der Waals surface area contributed by atoms with E-state index in [2.05, 4.69) is 49.8 Å². The Kier molecular flexibility index (Phi) is 8.73. The highest BCUT2D eigenvalue weighted by Gasteiger charge is 2.19. The van der Waals surface area contributed by atoms with E-state index in [-0.39, 0.29) is 0 Å². The van der Waals surface area contributed by atoms with Crippen molar-refractivity contribution in [2.75, 3.05) is 7.05 Å². The first-order chi connectivity index (χ1) is 8.74. The van der Waals surface area contributed by atoms with E-state index in [1.54, 1.807) is 0 Å². The van der Waals surface area contributed by atoms with Crippen molar-refractivity contribution in [1.29, 1.82) is 0 Å². The second-order valence-corrected chi connectivity index (χ2v) is 3.84. The Morgan fingerprint density at radius 1 is 1.33 bits per heavy atom. The van der Waals surface area contributed by atoms with Crippen LogP contribution in [0.5, 0.6) is 0 Å². The lowest BCUT2D eigenvalue weighted by atomic mass is 10.1. The summed E-state index contributed by atoms with van der Waals surface area (Å²) in [6, 6.07) is 0. The highest BCUT2D eigenvalue weighted by molar-refractivity contribution is 5.43. The average Bonchev–Trinajstić information content (AvgIpc) is 2.72. The molecule has 1 nitrogen and oxygen atoms in total. The van der Waals surface area contributed by atoms with Gasteiger partial charge in [-0.2, -0.15) is 0 Å². The van der Waals surface area contributed by atoms with Crippen LogP contribution in [0.25, 0.3) is 0 Å². The van der Waals surface area contributed by atoms with Crippen molar-refractivity contribution in [2.45, 2.75) is 40.5 Å². The summed E-state index contributed by atoms with van der Waals surface area (Å²) in [5.41, 5.74) is 3.90. The molecule has 0 fully saturated rings. The smallest absolute Gasteiger partial charge is 0.0438 e. The van der Waals surface area contributed by atoms with Crippen LogP contribution in [0.15, 0.2) is 60.0 Å². The number of allylic oxidation sites excluding steroid dienone is 7. The Labute approximate surface area is 113 Å². The molecule has 0 aromatic rings. The lowest BCUT2D eigenvalue weighted by molar-refractivity contribution is 0.555. The van der Waals surface area contributed by atoms with Crippen LogP contribution in [0.3, 0.4) is 0 Å². The molecule has 0 atom stereocenters. The van der Waals surface area contributed by atoms with Crippen molar-refractivity contribution in [2.24, 2.45) is 0 Å². The summed E-state index contributed by atoms with van der Waals surface area (Å²) in [5, 5.41) is 0. The molecule has 0 aromatic heterocycles. The van der Waals surface area contributed by atoms with Gasteiger partial charge >= 0.3 is 0 Å². The third-order valence-electron chi connectivity index (χ3n) is 2.73. The molecule has 1 heterocycles. The Balaban J connectivity index is 0.00000137. The standard InChI is InChI=1S/C15H21N.C2H6/c1-5-8-10-14-12-13(7-3)15(16(14)4)11-9-6-2;1-2/h5,7-11H,3,6,12H2,1-2,4H3;1-2H3/b8-5-,11-9-,14-10+;. The minimum atomic E-state index is 0.980. The minimum absolute atomic E-state index is 0.980.